The van der Waals surface area contributed by atoms with Crippen LogP contribution in [0.4, 0.5) is 0 Å². The third-order valence-corrected chi connectivity index (χ3v) is 3.89. The molecule has 22 heavy (non-hydrogen) atoms. The zero-order chi connectivity index (χ0) is 15.2. The van der Waals surface area contributed by atoms with Gasteiger partial charge in [-0.1, -0.05) is 23.7 Å². The van der Waals surface area contributed by atoms with E-state index in [1.54, 1.807) is 0 Å². The Bertz CT molecular complexity index is 508. The molecule has 5 nitrogen and oxygen atoms in total. The summed E-state index contributed by atoms with van der Waals surface area (Å²) in [6, 6.07) is 7.53. The maximum absolute atomic E-state index is 11.8. The minimum absolute atomic E-state index is 0. The molecule has 2 rings (SSSR count). The summed E-state index contributed by atoms with van der Waals surface area (Å²) in [6.07, 6.45) is 1.37. The average Bonchev–Trinajstić information content (AvgIpc) is 2.90. The molecule has 0 aromatic heterocycles. The third-order valence-electron chi connectivity index (χ3n) is 3.64. The highest BCUT2D eigenvalue weighted by atomic mass is 35.5. The largest absolute Gasteiger partial charge is 0.481 e. The second-order valence-corrected chi connectivity index (χ2v) is 5.72. The molecule has 0 bridgehead atoms. The third kappa shape index (κ3) is 5.83. The first-order valence-electron chi connectivity index (χ1n) is 7.01. The molecule has 0 aliphatic carbocycles. The second-order valence-electron chi connectivity index (χ2n) is 5.29. The molecule has 1 fully saturated rings. The SMILES string of the molecule is Cl.O=C(CN1CCC(C(=O)O)C1)NCCc1ccc(Cl)cc1. The van der Waals surface area contributed by atoms with E-state index in [1.165, 1.54) is 0 Å². The highest BCUT2D eigenvalue weighted by molar-refractivity contribution is 6.30. The normalized spacial score (nSPS) is 17.8. The summed E-state index contributed by atoms with van der Waals surface area (Å²) < 4.78 is 0. The van der Waals surface area contributed by atoms with Gasteiger partial charge in [-0.15, -0.1) is 12.4 Å². The van der Waals surface area contributed by atoms with Crippen LogP contribution in [0.5, 0.6) is 0 Å². The molecule has 1 unspecified atom stereocenters. The molecule has 1 aromatic carbocycles. The molecule has 2 N–H and O–H groups in total. The van der Waals surface area contributed by atoms with Crippen molar-refractivity contribution in [1.29, 1.82) is 0 Å². The van der Waals surface area contributed by atoms with Crippen molar-refractivity contribution in [1.82, 2.24) is 10.2 Å². The number of nitrogens with zero attached hydrogens (tertiary/aromatic N) is 1. The molecule has 1 heterocycles. The van der Waals surface area contributed by atoms with Crippen molar-refractivity contribution in [3.05, 3.63) is 34.9 Å². The molecular weight excluding hydrogens is 327 g/mol. The number of benzene rings is 1. The fourth-order valence-corrected chi connectivity index (χ4v) is 2.56. The smallest absolute Gasteiger partial charge is 0.307 e. The lowest BCUT2D eigenvalue weighted by atomic mass is 10.1. The summed E-state index contributed by atoms with van der Waals surface area (Å²) in [4.78, 5) is 24.5. The van der Waals surface area contributed by atoms with Crippen molar-refractivity contribution < 1.29 is 14.7 Å². The van der Waals surface area contributed by atoms with Gasteiger partial charge in [-0.05, 0) is 37.1 Å². The van der Waals surface area contributed by atoms with E-state index in [0.717, 1.165) is 12.0 Å². The number of likely N-dealkylation sites (tertiary alicyclic amines) is 1. The van der Waals surface area contributed by atoms with Crippen molar-refractivity contribution in [2.75, 3.05) is 26.2 Å². The standard InChI is InChI=1S/C15H19ClN2O3.ClH/c16-13-3-1-11(2-4-13)5-7-17-14(19)10-18-8-6-12(9-18)15(20)21;/h1-4,12H,5-10H2,(H,17,19)(H,20,21);1H. The number of rotatable bonds is 6. The van der Waals surface area contributed by atoms with Crippen molar-refractivity contribution in [2.45, 2.75) is 12.8 Å². The van der Waals surface area contributed by atoms with Gasteiger partial charge in [0.15, 0.2) is 0 Å². The van der Waals surface area contributed by atoms with Gasteiger partial charge in [0.2, 0.25) is 5.91 Å². The van der Waals surface area contributed by atoms with Crippen LogP contribution in [0.2, 0.25) is 5.02 Å². The van der Waals surface area contributed by atoms with Crippen molar-refractivity contribution >= 4 is 35.9 Å². The lowest BCUT2D eigenvalue weighted by Crippen LogP contribution is -2.37. The number of carboxylic acid groups (broad SMARTS) is 1. The average molecular weight is 347 g/mol. The summed E-state index contributed by atoms with van der Waals surface area (Å²) in [5, 5.41) is 12.5. The topological polar surface area (TPSA) is 69.6 Å². The van der Waals surface area contributed by atoms with Gasteiger partial charge in [0.1, 0.15) is 0 Å². The Morgan fingerprint density at radius 3 is 2.59 bits per heavy atom. The molecule has 7 heteroatoms. The zero-order valence-electron chi connectivity index (χ0n) is 12.1. The van der Waals surface area contributed by atoms with Crippen LogP contribution < -0.4 is 5.32 Å². The van der Waals surface area contributed by atoms with E-state index < -0.39 is 5.97 Å². The van der Waals surface area contributed by atoms with E-state index in [9.17, 15) is 9.59 Å². The van der Waals surface area contributed by atoms with E-state index in [-0.39, 0.29) is 30.8 Å². The van der Waals surface area contributed by atoms with E-state index in [0.29, 0.717) is 31.1 Å². The Morgan fingerprint density at radius 2 is 2.00 bits per heavy atom. The van der Waals surface area contributed by atoms with Crippen LogP contribution >= 0.6 is 24.0 Å². The Balaban J connectivity index is 0.00000242. The summed E-state index contributed by atoms with van der Waals surface area (Å²) in [6.45, 7) is 1.96. The summed E-state index contributed by atoms with van der Waals surface area (Å²) >= 11 is 5.81. The minimum atomic E-state index is -0.777. The fourth-order valence-electron chi connectivity index (χ4n) is 2.43. The Labute approximate surface area is 141 Å². The maximum atomic E-state index is 11.8. The van der Waals surface area contributed by atoms with E-state index in [4.69, 9.17) is 16.7 Å². The summed E-state index contributed by atoms with van der Waals surface area (Å²) in [5.41, 5.74) is 1.12. The molecule has 1 aliphatic rings. The van der Waals surface area contributed by atoms with Gasteiger partial charge in [0, 0.05) is 18.1 Å². The van der Waals surface area contributed by atoms with Gasteiger partial charge in [0.05, 0.1) is 12.5 Å². The lowest BCUT2D eigenvalue weighted by molar-refractivity contribution is -0.141. The Hall–Kier alpha value is -1.30. The molecule has 1 aromatic rings. The number of amides is 1. The van der Waals surface area contributed by atoms with Gasteiger partial charge in [0.25, 0.3) is 0 Å². The number of carbonyl (C=O) groups is 2. The Kier molecular flexibility index (Phi) is 7.65. The molecule has 0 saturated carbocycles. The second kappa shape index (κ2) is 8.98. The molecular formula is C15H20Cl2N2O3. The monoisotopic (exact) mass is 346 g/mol. The van der Waals surface area contributed by atoms with Gasteiger partial charge in [-0.25, -0.2) is 0 Å². The van der Waals surface area contributed by atoms with E-state index in [1.807, 2.05) is 29.2 Å². The van der Waals surface area contributed by atoms with Crippen molar-refractivity contribution in [3.8, 4) is 0 Å². The molecule has 1 aliphatic heterocycles. The number of nitrogens with one attached hydrogen (secondary N) is 1. The van der Waals surface area contributed by atoms with Gasteiger partial charge in [-0.3, -0.25) is 14.5 Å². The first-order valence-corrected chi connectivity index (χ1v) is 7.38. The summed E-state index contributed by atoms with van der Waals surface area (Å²) in [5.74, 6) is -1.18. The van der Waals surface area contributed by atoms with Gasteiger partial charge >= 0.3 is 5.97 Å². The fraction of sp³-hybridized carbons (Fsp3) is 0.467. The van der Waals surface area contributed by atoms with Crippen LogP contribution in [0.25, 0.3) is 0 Å². The highest BCUT2D eigenvalue weighted by Gasteiger charge is 2.28. The van der Waals surface area contributed by atoms with Gasteiger partial charge < -0.3 is 10.4 Å². The van der Waals surface area contributed by atoms with Crippen LogP contribution in [-0.4, -0.2) is 48.1 Å². The number of halogens is 2. The molecule has 1 amide bonds. The molecule has 1 atom stereocenters. The van der Waals surface area contributed by atoms with Crippen LogP contribution in [0, 0.1) is 5.92 Å². The van der Waals surface area contributed by atoms with Gasteiger partial charge in [-0.2, -0.15) is 0 Å². The Morgan fingerprint density at radius 1 is 1.32 bits per heavy atom. The zero-order valence-corrected chi connectivity index (χ0v) is 13.7. The predicted molar refractivity (Wildman–Crippen MR) is 87.6 cm³/mol. The maximum Gasteiger partial charge on any atom is 0.307 e. The number of aliphatic carboxylic acids is 1. The number of carbonyl (C=O) groups excluding carboxylic acids is 1. The van der Waals surface area contributed by atoms with E-state index >= 15 is 0 Å². The lowest BCUT2D eigenvalue weighted by Gasteiger charge is -2.14. The highest BCUT2D eigenvalue weighted by Crippen LogP contribution is 2.15. The minimum Gasteiger partial charge on any atom is -0.481 e. The van der Waals surface area contributed by atoms with E-state index in [2.05, 4.69) is 5.32 Å². The molecule has 0 spiro atoms. The van der Waals surface area contributed by atoms with Crippen LogP contribution in [0.1, 0.15) is 12.0 Å². The van der Waals surface area contributed by atoms with Crippen molar-refractivity contribution in [3.63, 3.8) is 0 Å². The summed E-state index contributed by atoms with van der Waals surface area (Å²) in [7, 11) is 0. The predicted octanol–water partition coefficient (Wildman–Crippen LogP) is 1.83. The number of hydrogen-bond acceptors (Lipinski definition) is 3. The van der Waals surface area contributed by atoms with Crippen LogP contribution in [0.15, 0.2) is 24.3 Å². The first-order chi connectivity index (χ1) is 10.0. The molecule has 122 valence electrons. The van der Waals surface area contributed by atoms with Crippen LogP contribution in [0.3, 0.4) is 0 Å². The molecule has 1 saturated heterocycles. The number of hydrogen-bond donors (Lipinski definition) is 2. The number of carboxylic acids is 1. The first kappa shape index (κ1) is 18.7. The quantitative estimate of drug-likeness (QED) is 0.824. The van der Waals surface area contributed by atoms with Crippen LogP contribution in [-0.2, 0) is 16.0 Å². The van der Waals surface area contributed by atoms with Crippen molar-refractivity contribution in [2.24, 2.45) is 5.92 Å². The molecule has 0 radical (unpaired) electrons.